The molecular weight excluding hydrogens is 367 g/mol. The Labute approximate surface area is 162 Å². The van der Waals surface area contributed by atoms with E-state index in [9.17, 15) is 4.79 Å². The summed E-state index contributed by atoms with van der Waals surface area (Å²) in [6.07, 6.45) is 4.19. The Balaban J connectivity index is 1.67. The van der Waals surface area contributed by atoms with Crippen molar-refractivity contribution in [2.45, 2.75) is 32.9 Å². The molecule has 0 amide bonds. The maximum atomic E-state index is 12.7. The summed E-state index contributed by atoms with van der Waals surface area (Å²) in [5.41, 5.74) is 4.17. The van der Waals surface area contributed by atoms with Gasteiger partial charge in [0, 0.05) is 11.1 Å². The normalized spacial score (nSPS) is 13.0. The number of Topliss-reactive ketones (excluding diaryl/α,β-unsaturated/α-hetero) is 1. The van der Waals surface area contributed by atoms with E-state index in [-0.39, 0.29) is 5.78 Å². The van der Waals surface area contributed by atoms with Crippen molar-refractivity contribution in [3.63, 3.8) is 0 Å². The summed E-state index contributed by atoms with van der Waals surface area (Å²) < 4.78 is 4.40. The van der Waals surface area contributed by atoms with Crippen molar-refractivity contribution in [2.75, 3.05) is 0 Å². The van der Waals surface area contributed by atoms with Crippen molar-refractivity contribution in [3.05, 3.63) is 75.7 Å². The molecule has 0 radical (unpaired) electrons. The van der Waals surface area contributed by atoms with Gasteiger partial charge in [-0.3, -0.25) is 4.79 Å². The highest BCUT2D eigenvalue weighted by molar-refractivity contribution is 6.42. The molecule has 0 spiro atoms. The first kappa shape index (κ1) is 17.3. The fraction of sp³-hybridized carbons (Fsp3) is 0.238. The lowest BCUT2D eigenvalue weighted by Gasteiger charge is -2.02. The molecular formula is C21H19Cl2N2O+. The second-order valence-corrected chi connectivity index (χ2v) is 7.55. The van der Waals surface area contributed by atoms with Gasteiger partial charge in [0.1, 0.15) is 6.20 Å². The van der Waals surface area contributed by atoms with Gasteiger partial charge in [0.15, 0.2) is 12.2 Å². The molecule has 3 aromatic rings. The van der Waals surface area contributed by atoms with E-state index in [1.807, 2.05) is 0 Å². The summed E-state index contributed by atoms with van der Waals surface area (Å²) in [7, 11) is 0. The number of aryl methyl sites for hydroxylation is 1. The second-order valence-electron chi connectivity index (χ2n) is 6.73. The number of imidazole rings is 1. The fourth-order valence-electron chi connectivity index (χ4n) is 3.52. The molecule has 0 unspecified atom stereocenters. The molecule has 1 aliphatic heterocycles. The average molecular weight is 386 g/mol. The number of nitrogens with zero attached hydrogens (tertiary/aromatic N) is 2. The van der Waals surface area contributed by atoms with Crippen LogP contribution in [0.2, 0.25) is 10.0 Å². The zero-order chi connectivity index (χ0) is 18.3. The van der Waals surface area contributed by atoms with E-state index in [4.69, 9.17) is 23.2 Å². The van der Waals surface area contributed by atoms with Crippen LogP contribution in [0, 0.1) is 6.92 Å². The molecule has 5 heteroatoms. The van der Waals surface area contributed by atoms with Crippen molar-refractivity contribution in [2.24, 2.45) is 0 Å². The monoisotopic (exact) mass is 385 g/mol. The molecule has 0 bridgehead atoms. The Kier molecular flexibility index (Phi) is 4.60. The third kappa shape index (κ3) is 3.17. The summed E-state index contributed by atoms with van der Waals surface area (Å²) in [5, 5.41) is 0.868. The number of carbonyl (C=O) groups excluding carboxylic acids is 1. The van der Waals surface area contributed by atoms with Crippen LogP contribution in [0.4, 0.5) is 0 Å². The van der Waals surface area contributed by atoms with Crippen LogP contribution in [0.25, 0.3) is 11.3 Å². The van der Waals surface area contributed by atoms with Crippen LogP contribution in [0.15, 0.2) is 48.7 Å². The fourth-order valence-corrected chi connectivity index (χ4v) is 3.81. The van der Waals surface area contributed by atoms with Crippen LogP contribution < -0.4 is 4.57 Å². The molecule has 2 heterocycles. The number of benzene rings is 2. The minimum absolute atomic E-state index is 0.0318. The van der Waals surface area contributed by atoms with E-state index in [0.717, 1.165) is 19.4 Å². The molecule has 26 heavy (non-hydrogen) atoms. The minimum atomic E-state index is 0.0318. The summed E-state index contributed by atoms with van der Waals surface area (Å²) in [4.78, 5) is 12.7. The molecule has 1 aromatic heterocycles. The predicted octanol–water partition coefficient (Wildman–Crippen LogP) is 4.89. The summed E-state index contributed by atoms with van der Waals surface area (Å²) in [5.74, 6) is 1.23. The van der Waals surface area contributed by atoms with Gasteiger partial charge in [-0.1, -0.05) is 53.0 Å². The lowest BCUT2D eigenvalue weighted by Crippen LogP contribution is -2.40. The minimum Gasteiger partial charge on any atom is -0.290 e. The maximum Gasteiger partial charge on any atom is 0.257 e. The molecule has 0 N–H and O–H groups in total. The number of rotatable bonds is 4. The SMILES string of the molecule is Cc1ccc(-c2c[n+](CC(=O)c3ccc(Cl)c(Cl)c3)c3n2CCC3)cc1. The predicted molar refractivity (Wildman–Crippen MR) is 104 cm³/mol. The molecule has 4 rings (SSSR count). The molecule has 0 atom stereocenters. The van der Waals surface area contributed by atoms with Gasteiger partial charge in [-0.15, -0.1) is 0 Å². The lowest BCUT2D eigenvalue weighted by atomic mass is 10.1. The Morgan fingerprint density at radius 2 is 1.88 bits per heavy atom. The smallest absolute Gasteiger partial charge is 0.257 e. The zero-order valence-corrected chi connectivity index (χ0v) is 16.0. The van der Waals surface area contributed by atoms with E-state index in [1.165, 1.54) is 22.6 Å². The number of halogens is 2. The molecule has 2 aromatic carbocycles. The Hall–Kier alpha value is -2.10. The van der Waals surface area contributed by atoms with Crippen LogP contribution in [-0.2, 0) is 19.5 Å². The standard InChI is InChI=1S/C21H19Cl2N2O/c1-14-4-6-15(7-5-14)19-12-24(21-3-2-10-25(19)21)13-20(26)16-8-9-17(22)18(23)11-16/h4-9,11-12H,2-3,10,13H2,1H3/q+1. The van der Waals surface area contributed by atoms with Gasteiger partial charge in [-0.05, 0) is 31.5 Å². The number of hydrogen-bond acceptors (Lipinski definition) is 1. The second kappa shape index (κ2) is 6.90. The zero-order valence-electron chi connectivity index (χ0n) is 14.5. The van der Waals surface area contributed by atoms with E-state index in [1.54, 1.807) is 18.2 Å². The van der Waals surface area contributed by atoms with Gasteiger partial charge in [-0.2, -0.15) is 0 Å². The third-order valence-electron chi connectivity index (χ3n) is 4.90. The van der Waals surface area contributed by atoms with Crippen molar-refractivity contribution in [1.82, 2.24) is 4.57 Å². The van der Waals surface area contributed by atoms with E-state index >= 15 is 0 Å². The number of aromatic nitrogens is 2. The van der Waals surface area contributed by atoms with Crippen LogP contribution in [-0.4, -0.2) is 10.4 Å². The van der Waals surface area contributed by atoms with Crippen molar-refractivity contribution >= 4 is 29.0 Å². The topological polar surface area (TPSA) is 25.9 Å². The summed E-state index contributed by atoms with van der Waals surface area (Å²) in [6, 6.07) is 13.6. The molecule has 0 aliphatic carbocycles. The third-order valence-corrected chi connectivity index (χ3v) is 5.64. The maximum absolute atomic E-state index is 12.7. The van der Waals surface area contributed by atoms with E-state index < -0.39 is 0 Å². The van der Waals surface area contributed by atoms with Crippen LogP contribution in [0.5, 0.6) is 0 Å². The highest BCUT2D eigenvalue weighted by Gasteiger charge is 2.29. The van der Waals surface area contributed by atoms with Gasteiger partial charge in [-0.25, -0.2) is 9.13 Å². The average Bonchev–Trinajstić information content (AvgIpc) is 3.22. The lowest BCUT2D eigenvalue weighted by molar-refractivity contribution is -0.689. The number of carbonyl (C=O) groups is 1. The molecule has 3 nitrogen and oxygen atoms in total. The largest absolute Gasteiger partial charge is 0.290 e. The molecule has 132 valence electrons. The first-order valence-electron chi connectivity index (χ1n) is 8.70. The summed E-state index contributed by atoms with van der Waals surface area (Å²) >= 11 is 12.0. The van der Waals surface area contributed by atoms with Crippen molar-refractivity contribution < 1.29 is 9.36 Å². The highest BCUT2D eigenvalue weighted by Crippen LogP contribution is 2.26. The van der Waals surface area contributed by atoms with Gasteiger partial charge in [0.25, 0.3) is 5.82 Å². The highest BCUT2D eigenvalue weighted by atomic mass is 35.5. The molecule has 0 saturated heterocycles. The van der Waals surface area contributed by atoms with Crippen LogP contribution in [0.3, 0.4) is 0 Å². The van der Waals surface area contributed by atoms with Crippen molar-refractivity contribution in [3.8, 4) is 11.3 Å². The first-order chi connectivity index (χ1) is 12.5. The Bertz CT molecular complexity index is 990. The van der Waals surface area contributed by atoms with Gasteiger partial charge >= 0.3 is 0 Å². The summed E-state index contributed by atoms with van der Waals surface area (Å²) in [6.45, 7) is 3.38. The quantitative estimate of drug-likeness (QED) is 0.463. The van der Waals surface area contributed by atoms with Crippen LogP contribution in [0.1, 0.15) is 28.2 Å². The van der Waals surface area contributed by atoms with Crippen molar-refractivity contribution in [1.29, 1.82) is 0 Å². The van der Waals surface area contributed by atoms with Gasteiger partial charge in [0.05, 0.1) is 23.0 Å². The van der Waals surface area contributed by atoms with Gasteiger partial charge in [0.2, 0.25) is 5.78 Å². The number of hydrogen-bond donors (Lipinski definition) is 0. The Morgan fingerprint density at radius 3 is 2.62 bits per heavy atom. The van der Waals surface area contributed by atoms with Gasteiger partial charge < -0.3 is 0 Å². The molecule has 0 fully saturated rings. The van der Waals surface area contributed by atoms with E-state index in [0.29, 0.717) is 22.2 Å². The van der Waals surface area contributed by atoms with Crippen LogP contribution >= 0.6 is 23.2 Å². The number of ketones is 1. The molecule has 0 saturated carbocycles. The Morgan fingerprint density at radius 1 is 1.12 bits per heavy atom. The van der Waals surface area contributed by atoms with E-state index in [2.05, 4.69) is 46.5 Å². The molecule has 1 aliphatic rings. The number of fused-ring (bicyclic) bond motifs is 1. The first-order valence-corrected chi connectivity index (χ1v) is 9.45.